The maximum Gasteiger partial charge on any atom is 0.226 e. The Morgan fingerprint density at radius 2 is 2.00 bits per heavy atom. The number of hydrogen-bond acceptors (Lipinski definition) is 5. The normalized spacial score (nSPS) is 16.1. The Kier molecular flexibility index (Phi) is 5.59. The number of rotatable bonds is 6. The van der Waals surface area contributed by atoms with E-state index in [2.05, 4.69) is 9.88 Å². The van der Waals surface area contributed by atoms with Crippen molar-refractivity contribution >= 4 is 11.8 Å². The summed E-state index contributed by atoms with van der Waals surface area (Å²) in [6, 6.07) is 2.64. The van der Waals surface area contributed by atoms with E-state index in [0.29, 0.717) is 6.04 Å². The molecule has 5 heteroatoms. The second kappa shape index (κ2) is 7.43. The molecule has 1 aromatic rings. The third-order valence-electron chi connectivity index (χ3n) is 3.94. The first-order valence-electron chi connectivity index (χ1n) is 7.69. The van der Waals surface area contributed by atoms with Crippen molar-refractivity contribution in [3.63, 3.8) is 0 Å². The van der Waals surface area contributed by atoms with Gasteiger partial charge in [0.1, 0.15) is 5.82 Å². The minimum absolute atomic E-state index is 0.611. The molecule has 0 aliphatic heterocycles. The second-order valence-electron chi connectivity index (χ2n) is 5.74. The number of nitrogens with zero attached hydrogens (tertiary/aromatic N) is 4. The monoisotopic (exact) mass is 277 g/mol. The van der Waals surface area contributed by atoms with Crippen molar-refractivity contribution in [2.75, 3.05) is 37.0 Å². The van der Waals surface area contributed by atoms with Crippen LogP contribution in [0.25, 0.3) is 0 Å². The molecular weight excluding hydrogens is 250 g/mol. The fourth-order valence-electron chi connectivity index (χ4n) is 2.85. The van der Waals surface area contributed by atoms with Crippen molar-refractivity contribution in [3.05, 3.63) is 12.3 Å². The molecule has 1 heterocycles. The van der Waals surface area contributed by atoms with Crippen LogP contribution in [0, 0.1) is 0 Å². The zero-order valence-corrected chi connectivity index (χ0v) is 12.8. The molecule has 0 bridgehead atoms. The highest BCUT2D eigenvalue weighted by Gasteiger charge is 2.22. The number of anilines is 2. The van der Waals surface area contributed by atoms with Gasteiger partial charge in [0.05, 0.1) is 0 Å². The fraction of sp³-hybridized carbons (Fsp3) is 0.733. The number of nitrogens with two attached hydrogens (primary N) is 1. The molecule has 1 aliphatic rings. The zero-order chi connectivity index (χ0) is 14.4. The molecule has 0 spiro atoms. The smallest absolute Gasteiger partial charge is 0.226 e. The summed E-state index contributed by atoms with van der Waals surface area (Å²) in [6.45, 7) is 1.72. The van der Waals surface area contributed by atoms with Crippen molar-refractivity contribution in [2.24, 2.45) is 5.73 Å². The van der Waals surface area contributed by atoms with Crippen molar-refractivity contribution in [1.82, 2.24) is 9.97 Å². The third kappa shape index (κ3) is 3.82. The molecule has 2 rings (SSSR count). The molecule has 112 valence electrons. The van der Waals surface area contributed by atoms with Crippen LogP contribution in [0.5, 0.6) is 0 Å². The standard InChI is InChI=1S/C15H27N5/c1-19(2)15-17-11-9-14(18-15)20(12-6-10-16)13-7-4-3-5-8-13/h9,11,13H,3-8,10,12,16H2,1-2H3. The highest BCUT2D eigenvalue weighted by Crippen LogP contribution is 2.26. The predicted octanol–water partition coefficient (Wildman–Crippen LogP) is 2.03. The minimum Gasteiger partial charge on any atom is -0.353 e. The zero-order valence-electron chi connectivity index (χ0n) is 12.8. The molecule has 0 amide bonds. The van der Waals surface area contributed by atoms with Gasteiger partial charge in [-0.2, -0.15) is 4.98 Å². The molecule has 1 fully saturated rings. The Bertz CT molecular complexity index is 401. The van der Waals surface area contributed by atoms with Crippen LogP contribution in [-0.2, 0) is 0 Å². The molecular formula is C15H27N5. The predicted molar refractivity (Wildman–Crippen MR) is 84.2 cm³/mol. The average molecular weight is 277 g/mol. The maximum absolute atomic E-state index is 5.69. The van der Waals surface area contributed by atoms with Gasteiger partial charge in [0.2, 0.25) is 5.95 Å². The molecule has 0 saturated heterocycles. The van der Waals surface area contributed by atoms with Crippen LogP contribution in [0.1, 0.15) is 38.5 Å². The van der Waals surface area contributed by atoms with Crippen LogP contribution < -0.4 is 15.5 Å². The Morgan fingerprint density at radius 3 is 2.65 bits per heavy atom. The SMILES string of the molecule is CN(C)c1nccc(N(CCCN)C2CCCCC2)n1. The molecule has 0 aromatic carbocycles. The number of hydrogen-bond donors (Lipinski definition) is 1. The van der Waals surface area contributed by atoms with Crippen LogP contribution in [0.3, 0.4) is 0 Å². The largest absolute Gasteiger partial charge is 0.353 e. The van der Waals surface area contributed by atoms with E-state index >= 15 is 0 Å². The van der Waals surface area contributed by atoms with Gasteiger partial charge in [0.25, 0.3) is 0 Å². The van der Waals surface area contributed by atoms with Gasteiger partial charge >= 0.3 is 0 Å². The lowest BCUT2D eigenvalue weighted by Crippen LogP contribution is -2.39. The van der Waals surface area contributed by atoms with Gasteiger partial charge in [0.15, 0.2) is 0 Å². The van der Waals surface area contributed by atoms with E-state index < -0.39 is 0 Å². The van der Waals surface area contributed by atoms with Crippen molar-refractivity contribution in [3.8, 4) is 0 Å². The lowest BCUT2D eigenvalue weighted by Gasteiger charge is -2.35. The van der Waals surface area contributed by atoms with Crippen LogP contribution in [-0.4, -0.2) is 43.2 Å². The Hall–Kier alpha value is -1.36. The molecule has 20 heavy (non-hydrogen) atoms. The average Bonchev–Trinajstić information content (AvgIpc) is 2.49. The summed E-state index contributed by atoms with van der Waals surface area (Å²) in [5.41, 5.74) is 5.69. The summed E-state index contributed by atoms with van der Waals surface area (Å²) in [5.74, 6) is 1.82. The third-order valence-corrected chi connectivity index (χ3v) is 3.94. The van der Waals surface area contributed by atoms with E-state index in [1.54, 1.807) is 0 Å². The summed E-state index contributed by atoms with van der Waals surface area (Å²) in [6.07, 6.45) is 9.43. The lowest BCUT2D eigenvalue weighted by atomic mass is 9.94. The molecule has 5 nitrogen and oxygen atoms in total. The molecule has 1 saturated carbocycles. The van der Waals surface area contributed by atoms with Gasteiger partial charge in [0, 0.05) is 32.9 Å². The first-order valence-corrected chi connectivity index (χ1v) is 7.69. The van der Waals surface area contributed by atoms with Gasteiger partial charge in [-0.25, -0.2) is 4.98 Å². The van der Waals surface area contributed by atoms with Crippen LogP contribution in [0.15, 0.2) is 12.3 Å². The van der Waals surface area contributed by atoms with Gasteiger partial charge in [-0.05, 0) is 31.9 Å². The van der Waals surface area contributed by atoms with E-state index in [4.69, 9.17) is 10.7 Å². The molecule has 2 N–H and O–H groups in total. The van der Waals surface area contributed by atoms with Crippen molar-refractivity contribution < 1.29 is 0 Å². The summed E-state index contributed by atoms with van der Waals surface area (Å²) in [4.78, 5) is 13.4. The minimum atomic E-state index is 0.611. The first-order chi connectivity index (χ1) is 9.72. The van der Waals surface area contributed by atoms with E-state index in [1.165, 1.54) is 32.1 Å². The molecule has 1 aromatic heterocycles. The van der Waals surface area contributed by atoms with E-state index in [1.807, 2.05) is 31.3 Å². The summed E-state index contributed by atoms with van der Waals surface area (Å²) < 4.78 is 0. The van der Waals surface area contributed by atoms with Gasteiger partial charge in [-0.15, -0.1) is 0 Å². The Labute approximate surface area is 122 Å². The molecule has 1 aliphatic carbocycles. The van der Waals surface area contributed by atoms with E-state index in [0.717, 1.165) is 31.3 Å². The summed E-state index contributed by atoms with van der Waals surface area (Å²) >= 11 is 0. The van der Waals surface area contributed by atoms with Crippen LogP contribution >= 0.6 is 0 Å². The van der Waals surface area contributed by atoms with E-state index in [-0.39, 0.29) is 0 Å². The maximum atomic E-state index is 5.69. The Balaban J connectivity index is 2.18. The highest BCUT2D eigenvalue weighted by molar-refractivity contribution is 5.44. The van der Waals surface area contributed by atoms with Gasteiger partial charge < -0.3 is 15.5 Å². The molecule has 0 atom stereocenters. The fourth-order valence-corrected chi connectivity index (χ4v) is 2.85. The summed E-state index contributed by atoms with van der Waals surface area (Å²) in [5, 5.41) is 0. The molecule has 0 unspecified atom stereocenters. The second-order valence-corrected chi connectivity index (χ2v) is 5.74. The number of aromatic nitrogens is 2. The first kappa shape index (κ1) is 15.0. The van der Waals surface area contributed by atoms with E-state index in [9.17, 15) is 0 Å². The summed E-state index contributed by atoms with van der Waals surface area (Å²) in [7, 11) is 3.95. The van der Waals surface area contributed by atoms with Gasteiger partial charge in [-0.3, -0.25) is 0 Å². The molecule has 0 radical (unpaired) electrons. The van der Waals surface area contributed by atoms with Crippen molar-refractivity contribution in [1.29, 1.82) is 0 Å². The van der Waals surface area contributed by atoms with Crippen LogP contribution in [0.2, 0.25) is 0 Å². The van der Waals surface area contributed by atoms with Gasteiger partial charge in [-0.1, -0.05) is 19.3 Å². The quantitative estimate of drug-likeness (QED) is 0.862. The van der Waals surface area contributed by atoms with Crippen LogP contribution in [0.4, 0.5) is 11.8 Å². The van der Waals surface area contributed by atoms with Crippen molar-refractivity contribution in [2.45, 2.75) is 44.6 Å². The lowest BCUT2D eigenvalue weighted by molar-refractivity contribution is 0.411. The highest BCUT2D eigenvalue weighted by atomic mass is 15.3. The topological polar surface area (TPSA) is 58.3 Å². The Morgan fingerprint density at radius 1 is 1.25 bits per heavy atom.